The van der Waals surface area contributed by atoms with Crippen molar-refractivity contribution in [3.8, 4) is 11.5 Å². The van der Waals surface area contributed by atoms with Crippen LogP contribution in [0, 0.1) is 0 Å². The molecule has 0 bridgehead atoms. The van der Waals surface area contributed by atoms with Gasteiger partial charge in [0, 0.05) is 5.39 Å². The first kappa shape index (κ1) is 10.3. The van der Waals surface area contributed by atoms with Crippen molar-refractivity contribution in [1.82, 2.24) is 0 Å². The molecule has 0 saturated carbocycles. The summed E-state index contributed by atoms with van der Waals surface area (Å²) in [7, 11) is 1.50. The van der Waals surface area contributed by atoms with Gasteiger partial charge in [0.05, 0.1) is 12.7 Å². The zero-order chi connectivity index (χ0) is 11.7. The number of carbonyl (C=O) groups is 1. The van der Waals surface area contributed by atoms with E-state index in [0.29, 0.717) is 11.1 Å². The molecule has 0 unspecified atom stereocenters. The van der Waals surface area contributed by atoms with Gasteiger partial charge < -0.3 is 15.6 Å². The average molecular weight is 217 g/mol. The minimum absolute atomic E-state index is 0.0925. The standard InChI is InChI=1S/C12H11NO3/c1-16-9-4-2-3-7-5-6-8(14)11(10(7)9)12(13)15/h2-6,14H,1H3,(H2,13,15). The Kier molecular flexibility index (Phi) is 2.40. The smallest absolute Gasteiger partial charge is 0.253 e. The monoisotopic (exact) mass is 217 g/mol. The molecular weight excluding hydrogens is 206 g/mol. The van der Waals surface area contributed by atoms with Crippen LogP contribution in [0.1, 0.15) is 10.4 Å². The molecule has 0 fully saturated rings. The molecule has 0 saturated heterocycles. The Bertz CT molecular complexity index is 563. The molecule has 0 atom stereocenters. The average Bonchev–Trinajstić information content (AvgIpc) is 2.27. The molecule has 3 N–H and O–H groups in total. The van der Waals surface area contributed by atoms with Crippen molar-refractivity contribution in [2.24, 2.45) is 5.73 Å². The normalized spacial score (nSPS) is 10.3. The van der Waals surface area contributed by atoms with E-state index >= 15 is 0 Å². The Morgan fingerprint density at radius 1 is 1.31 bits per heavy atom. The number of methoxy groups -OCH3 is 1. The number of rotatable bonds is 2. The largest absolute Gasteiger partial charge is 0.507 e. The first-order valence-electron chi connectivity index (χ1n) is 4.73. The van der Waals surface area contributed by atoms with Crippen LogP contribution in [0.5, 0.6) is 11.5 Å². The van der Waals surface area contributed by atoms with E-state index in [2.05, 4.69) is 0 Å². The van der Waals surface area contributed by atoms with Gasteiger partial charge in [-0.15, -0.1) is 0 Å². The van der Waals surface area contributed by atoms with Crippen molar-refractivity contribution in [2.75, 3.05) is 7.11 Å². The molecule has 16 heavy (non-hydrogen) atoms. The predicted octanol–water partition coefficient (Wildman–Crippen LogP) is 1.65. The lowest BCUT2D eigenvalue weighted by atomic mass is 10.0. The van der Waals surface area contributed by atoms with Crippen LogP contribution < -0.4 is 10.5 Å². The number of primary amides is 1. The maximum absolute atomic E-state index is 11.3. The Labute approximate surface area is 92.3 Å². The summed E-state index contributed by atoms with van der Waals surface area (Å²) in [5, 5.41) is 11.0. The van der Waals surface area contributed by atoms with Crippen molar-refractivity contribution in [2.45, 2.75) is 0 Å². The number of nitrogens with two attached hydrogens (primary N) is 1. The summed E-state index contributed by atoms with van der Waals surface area (Å²) in [6, 6.07) is 8.50. The zero-order valence-corrected chi connectivity index (χ0v) is 8.73. The summed E-state index contributed by atoms with van der Waals surface area (Å²) in [5.41, 5.74) is 5.34. The molecule has 2 aromatic carbocycles. The second-order valence-electron chi connectivity index (χ2n) is 3.38. The predicted molar refractivity (Wildman–Crippen MR) is 60.7 cm³/mol. The molecular formula is C12H11NO3. The highest BCUT2D eigenvalue weighted by Gasteiger charge is 2.15. The SMILES string of the molecule is COc1cccc2ccc(O)c(C(N)=O)c12. The van der Waals surface area contributed by atoms with Crippen LogP contribution in [0.25, 0.3) is 10.8 Å². The number of phenols is 1. The quantitative estimate of drug-likeness (QED) is 0.803. The fourth-order valence-corrected chi connectivity index (χ4v) is 1.75. The van der Waals surface area contributed by atoms with Gasteiger partial charge in [0.2, 0.25) is 0 Å². The number of ether oxygens (including phenoxy) is 1. The van der Waals surface area contributed by atoms with Gasteiger partial charge in [0.25, 0.3) is 5.91 Å². The Morgan fingerprint density at radius 3 is 2.69 bits per heavy atom. The van der Waals surface area contributed by atoms with Crippen molar-refractivity contribution in [3.63, 3.8) is 0 Å². The van der Waals surface area contributed by atoms with E-state index in [4.69, 9.17) is 10.5 Å². The van der Waals surface area contributed by atoms with Gasteiger partial charge in [0.15, 0.2) is 0 Å². The number of hydrogen-bond acceptors (Lipinski definition) is 3. The van der Waals surface area contributed by atoms with Gasteiger partial charge in [-0.3, -0.25) is 4.79 Å². The molecule has 2 aromatic rings. The Morgan fingerprint density at radius 2 is 2.06 bits per heavy atom. The maximum atomic E-state index is 11.3. The van der Waals surface area contributed by atoms with Crippen LogP contribution in [0.2, 0.25) is 0 Å². The van der Waals surface area contributed by atoms with Gasteiger partial charge in [-0.25, -0.2) is 0 Å². The summed E-state index contributed by atoms with van der Waals surface area (Å²) < 4.78 is 5.15. The highest BCUT2D eigenvalue weighted by Crippen LogP contribution is 2.33. The van der Waals surface area contributed by atoms with Crippen molar-refractivity contribution in [1.29, 1.82) is 0 Å². The molecule has 0 aromatic heterocycles. The molecule has 0 aliphatic carbocycles. The highest BCUT2D eigenvalue weighted by atomic mass is 16.5. The minimum atomic E-state index is -0.674. The second kappa shape index (κ2) is 3.73. The molecule has 0 spiro atoms. The number of aromatic hydroxyl groups is 1. The Hall–Kier alpha value is -2.23. The summed E-state index contributed by atoms with van der Waals surface area (Å²) in [5.74, 6) is -0.292. The summed E-state index contributed by atoms with van der Waals surface area (Å²) >= 11 is 0. The van der Waals surface area contributed by atoms with Crippen molar-refractivity contribution < 1.29 is 14.6 Å². The van der Waals surface area contributed by atoms with Crippen LogP contribution in [0.4, 0.5) is 0 Å². The van der Waals surface area contributed by atoms with Gasteiger partial charge in [0.1, 0.15) is 11.5 Å². The van der Waals surface area contributed by atoms with E-state index in [0.717, 1.165) is 5.39 Å². The van der Waals surface area contributed by atoms with Crippen LogP contribution in [-0.4, -0.2) is 18.1 Å². The van der Waals surface area contributed by atoms with Gasteiger partial charge in [-0.2, -0.15) is 0 Å². The molecule has 4 nitrogen and oxygen atoms in total. The molecule has 2 rings (SSSR count). The Balaban J connectivity index is 2.94. The van der Waals surface area contributed by atoms with Crippen molar-refractivity contribution in [3.05, 3.63) is 35.9 Å². The first-order chi connectivity index (χ1) is 7.65. The van der Waals surface area contributed by atoms with E-state index < -0.39 is 5.91 Å². The summed E-state index contributed by atoms with van der Waals surface area (Å²) in [4.78, 5) is 11.3. The lowest BCUT2D eigenvalue weighted by Crippen LogP contribution is -2.12. The lowest BCUT2D eigenvalue weighted by Gasteiger charge is -2.09. The van der Waals surface area contributed by atoms with Crippen LogP contribution in [-0.2, 0) is 0 Å². The third kappa shape index (κ3) is 1.44. The minimum Gasteiger partial charge on any atom is -0.507 e. The number of benzene rings is 2. The fourth-order valence-electron chi connectivity index (χ4n) is 1.75. The number of amides is 1. The van der Waals surface area contributed by atoms with Gasteiger partial charge in [-0.05, 0) is 17.5 Å². The molecule has 0 radical (unpaired) electrons. The van der Waals surface area contributed by atoms with Crippen LogP contribution >= 0.6 is 0 Å². The molecule has 1 amide bonds. The third-order valence-electron chi connectivity index (χ3n) is 2.45. The van der Waals surface area contributed by atoms with E-state index in [9.17, 15) is 9.90 Å². The number of carbonyl (C=O) groups excluding carboxylic acids is 1. The molecule has 0 heterocycles. The number of fused-ring (bicyclic) bond motifs is 1. The zero-order valence-electron chi connectivity index (χ0n) is 8.73. The lowest BCUT2D eigenvalue weighted by molar-refractivity contribution is 0.0999. The van der Waals surface area contributed by atoms with Gasteiger partial charge in [-0.1, -0.05) is 18.2 Å². The molecule has 0 aliphatic rings. The molecule has 82 valence electrons. The fraction of sp³-hybridized carbons (Fsp3) is 0.0833. The topological polar surface area (TPSA) is 72.6 Å². The third-order valence-corrected chi connectivity index (χ3v) is 2.45. The number of hydrogen-bond donors (Lipinski definition) is 2. The maximum Gasteiger partial charge on any atom is 0.253 e. The summed E-state index contributed by atoms with van der Waals surface area (Å²) in [6.07, 6.45) is 0. The van der Waals surface area contributed by atoms with E-state index in [1.165, 1.54) is 13.2 Å². The first-order valence-corrected chi connectivity index (χ1v) is 4.73. The van der Waals surface area contributed by atoms with E-state index in [-0.39, 0.29) is 11.3 Å². The van der Waals surface area contributed by atoms with E-state index in [1.807, 2.05) is 12.1 Å². The van der Waals surface area contributed by atoms with Gasteiger partial charge >= 0.3 is 0 Å². The highest BCUT2D eigenvalue weighted by molar-refractivity contribution is 6.10. The molecule has 0 aliphatic heterocycles. The van der Waals surface area contributed by atoms with Crippen LogP contribution in [0.15, 0.2) is 30.3 Å². The molecule has 4 heteroatoms. The summed E-state index contributed by atoms with van der Waals surface area (Å²) in [6.45, 7) is 0. The van der Waals surface area contributed by atoms with Crippen LogP contribution in [0.3, 0.4) is 0 Å². The van der Waals surface area contributed by atoms with Crippen molar-refractivity contribution >= 4 is 16.7 Å². The van der Waals surface area contributed by atoms with E-state index in [1.54, 1.807) is 12.1 Å². The second-order valence-corrected chi connectivity index (χ2v) is 3.38.